The molecule has 0 aliphatic heterocycles. The Morgan fingerprint density at radius 2 is 1.93 bits per heavy atom. The number of nitrogens with zero attached hydrogens (tertiary/aromatic N) is 1. The number of carbonyl (C=O) groups excluding carboxylic acids is 1. The third-order valence-electron chi connectivity index (χ3n) is 4.99. The van der Waals surface area contributed by atoms with Crippen molar-refractivity contribution in [3.05, 3.63) is 76.5 Å². The summed E-state index contributed by atoms with van der Waals surface area (Å²) >= 11 is 0. The van der Waals surface area contributed by atoms with Crippen molar-refractivity contribution < 1.29 is 4.79 Å². The molecule has 1 aromatic heterocycles. The fourth-order valence-electron chi connectivity index (χ4n) is 3.65. The van der Waals surface area contributed by atoms with Gasteiger partial charge in [-0.05, 0) is 67.5 Å². The first-order valence-corrected chi connectivity index (χ1v) is 9.41. The molecule has 4 heteroatoms. The zero-order valence-corrected chi connectivity index (χ0v) is 15.5. The summed E-state index contributed by atoms with van der Waals surface area (Å²) in [5.41, 5.74) is 9.16. The minimum Gasteiger partial charge on any atom is -0.358 e. The van der Waals surface area contributed by atoms with E-state index in [1.807, 2.05) is 61.5 Å². The van der Waals surface area contributed by atoms with Crippen molar-refractivity contribution in [2.24, 2.45) is 5.10 Å². The lowest BCUT2D eigenvalue weighted by Crippen LogP contribution is -2.17. The van der Waals surface area contributed by atoms with E-state index in [-0.39, 0.29) is 5.91 Å². The molecule has 1 aliphatic carbocycles. The van der Waals surface area contributed by atoms with Gasteiger partial charge in [-0.3, -0.25) is 4.79 Å². The lowest BCUT2D eigenvalue weighted by atomic mass is 9.95. The van der Waals surface area contributed by atoms with Crippen molar-refractivity contribution in [3.63, 3.8) is 0 Å². The van der Waals surface area contributed by atoms with Crippen LogP contribution in [0.1, 0.15) is 46.9 Å². The van der Waals surface area contributed by atoms with Gasteiger partial charge in [0.2, 0.25) is 0 Å². The summed E-state index contributed by atoms with van der Waals surface area (Å²) in [7, 11) is 0. The maximum absolute atomic E-state index is 12.5. The molecule has 2 aromatic carbocycles. The van der Waals surface area contributed by atoms with Crippen molar-refractivity contribution in [2.45, 2.75) is 32.6 Å². The van der Waals surface area contributed by atoms with Crippen LogP contribution >= 0.6 is 0 Å². The number of aromatic nitrogens is 1. The fraction of sp³-hybridized carbons (Fsp3) is 0.217. The van der Waals surface area contributed by atoms with E-state index in [0.717, 1.165) is 29.5 Å². The summed E-state index contributed by atoms with van der Waals surface area (Å²) in [6, 6.07) is 15.9. The van der Waals surface area contributed by atoms with Crippen molar-refractivity contribution in [1.29, 1.82) is 0 Å². The van der Waals surface area contributed by atoms with Crippen molar-refractivity contribution >= 4 is 29.1 Å². The van der Waals surface area contributed by atoms with Crippen LogP contribution in [0.2, 0.25) is 0 Å². The van der Waals surface area contributed by atoms with Gasteiger partial charge >= 0.3 is 0 Å². The first-order chi connectivity index (χ1) is 13.2. The Labute approximate surface area is 159 Å². The highest BCUT2D eigenvalue weighted by Crippen LogP contribution is 2.29. The van der Waals surface area contributed by atoms with Gasteiger partial charge in [-0.15, -0.1) is 0 Å². The molecule has 0 unspecified atom stereocenters. The van der Waals surface area contributed by atoms with Crippen LogP contribution in [-0.2, 0) is 12.8 Å². The Kier molecular flexibility index (Phi) is 4.88. The van der Waals surface area contributed by atoms with E-state index in [4.69, 9.17) is 0 Å². The number of nitrogens with one attached hydrogen (secondary N) is 2. The lowest BCUT2D eigenvalue weighted by Gasteiger charge is -2.10. The monoisotopic (exact) mass is 357 g/mol. The van der Waals surface area contributed by atoms with Gasteiger partial charge in [0.05, 0.1) is 6.21 Å². The molecule has 0 saturated carbocycles. The molecule has 0 fully saturated rings. The van der Waals surface area contributed by atoms with Gasteiger partial charge < -0.3 is 4.98 Å². The highest BCUT2D eigenvalue weighted by Gasteiger charge is 2.16. The Bertz CT molecular complexity index is 1030. The molecule has 1 amide bonds. The average molecular weight is 357 g/mol. The fourth-order valence-corrected chi connectivity index (χ4v) is 3.65. The second-order valence-electron chi connectivity index (χ2n) is 7.05. The molecule has 0 radical (unpaired) electrons. The summed E-state index contributed by atoms with van der Waals surface area (Å²) in [4.78, 5) is 16.0. The lowest BCUT2D eigenvalue weighted by molar-refractivity contribution is 0.0955. The topological polar surface area (TPSA) is 57.2 Å². The van der Waals surface area contributed by atoms with Gasteiger partial charge in [-0.1, -0.05) is 36.4 Å². The van der Waals surface area contributed by atoms with Crippen LogP contribution in [0.4, 0.5) is 0 Å². The van der Waals surface area contributed by atoms with Crippen LogP contribution in [0.15, 0.2) is 59.2 Å². The molecule has 2 N–H and O–H groups in total. The van der Waals surface area contributed by atoms with Crippen LogP contribution < -0.4 is 5.43 Å². The predicted molar refractivity (Wildman–Crippen MR) is 111 cm³/mol. The third-order valence-corrected chi connectivity index (χ3v) is 4.99. The zero-order valence-electron chi connectivity index (χ0n) is 15.5. The molecule has 0 spiro atoms. The Morgan fingerprint density at radius 3 is 2.78 bits per heavy atom. The molecule has 0 saturated heterocycles. The van der Waals surface area contributed by atoms with Gasteiger partial charge in [-0.25, -0.2) is 5.43 Å². The second-order valence-corrected chi connectivity index (χ2v) is 7.05. The maximum atomic E-state index is 12.5. The quantitative estimate of drug-likeness (QED) is 0.508. The Morgan fingerprint density at radius 1 is 1.11 bits per heavy atom. The molecule has 3 aromatic rings. The van der Waals surface area contributed by atoms with Crippen molar-refractivity contribution in [2.75, 3.05) is 0 Å². The first kappa shape index (κ1) is 17.3. The van der Waals surface area contributed by atoms with Crippen LogP contribution in [0.5, 0.6) is 0 Å². The summed E-state index contributed by atoms with van der Waals surface area (Å²) < 4.78 is 0. The molecule has 1 heterocycles. The van der Waals surface area contributed by atoms with E-state index in [0.29, 0.717) is 5.56 Å². The molecule has 0 bridgehead atoms. The number of aryl methyl sites for hydroxylation is 2. The number of amides is 1. The van der Waals surface area contributed by atoms with Gasteiger partial charge in [0.15, 0.2) is 0 Å². The van der Waals surface area contributed by atoms with E-state index in [1.54, 1.807) is 6.21 Å². The number of H-pyrrole nitrogens is 1. The van der Waals surface area contributed by atoms with Crippen LogP contribution in [0, 0.1) is 0 Å². The largest absolute Gasteiger partial charge is 0.358 e. The van der Waals surface area contributed by atoms with Crippen molar-refractivity contribution in [3.8, 4) is 0 Å². The average Bonchev–Trinajstić information content (AvgIpc) is 3.06. The van der Waals surface area contributed by atoms with E-state index >= 15 is 0 Å². The number of carbonyl (C=O) groups is 1. The number of fused-ring (bicyclic) bond motifs is 3. The summed E-state index contributed by atoms with van der Waals surface area (Å²) in [6.45, 7) is 1.96. The summed E-state index contributed by atoms with van der Waals surface area (Å²) in [6.07, 6.45) is 8.33. The molecular weight excluding hydrogens is 334 g/mol. The number of aromatic amines is 1. The molecule has 0 atom stereocenters. The van der Waals surface area contributed by atoms with E-state index < -0.39 is 0 Å². The minimum absolute atomic E-state index is 0.188. The predicted octanol–water partition coefficient (Wildman–Crippen LogP) is 4.87. The minimum atomic E-state index is -0.188. The van der Waals surface area contributed by atoms with E-state index in [9.17, 15) is 4.79 Å². The van der Waals surface area contributed by atoms with Gasteiger partial charge in [0.25, 0.3) is 5.91 Å². The molecular formula is C23H23N3O. The van der Waals surface area contributed by atoms with Crippen LogP contribution in [-0.4, -0.2) is 17.1 Å². The zero-order chi connectivity index (χ0) is 18.6. The van der Waals surface area contributed by atoms with Gasteiger partial charge in [0.1, 0.15) is 0 Å². The summed E-state index contributed by atoms with van der Waals surface area (Å²) in [5, 5.41) is 5.27. The number of allylic oxidation sites excluding steroid dienone is 1. The molecule has 136 valence electrons. The standard InChI is InChI=1S/C23H23N3O/c1-16(13-17-7-3-2-4-8-17)15-24-26-23(27)18-11-12-22-20(14-18)19-9-5-6-10-21(19)25-22/h2-4,7-8,11-15,25H,5-6,9-10H2,1H3,(H,26,27)/b16-13+,24-15+. The molecule has 4 rings (SSSR count). The van der Waals surface area contributed by atoms with Gasteiger partial charge in [0, 0.05) is 22.2 Å². The maximum Gasteiger partial charge on any atom is 0.271 e. The van der Waals surface area contributed by atoms with Gasteiger partial charge in [-0.2, -0.15) is 5.10 Å². The Hall–Kier alpha value is -3.14. The SMILES string of the molecule is CC(/C=N/NC(=O)c1ccc2[nH]c3c(c2c1)CCCC3)=C\c1ccccc1. The van der Waals surface area contributed by atoms with Crippen LogP contribution in [0.25, 0.3) is 17.0 Å². The van der Waals surface area contributed by atoms with Crippen molar-refractivity contribution in [1.82, 2.24) is 10.4 Å². The Balaban J connectivity index is 1.47. The number of hydrogen-bond donors (Lipinski definition) is 2. The molecule has 4 nitrogen and oxygen atoms in total. The highest BCUT2D eigenvalue weighted by molar-refractivity contribution is 5.99. The number of hydrazone groups is 1. The summed E-state index contributed by atoms with van der Waals surface area (Å²) in [5.74, 6) is -0.188. The van der Waals surface area contributed by atoms with E-state index in [2.05, 4.69) is 15.5 Å². The second kappa shape index (κ2) is 7.62. The highest BCUT2D eigenvalue weighted by atomic mass is 16.2. The molecule has 1 aliphatic rings. The smallest absolute Gasteiger partial charge is 0.271 e. The molecule has 27 heavy (non-hydrogen) atoms. The third kappa shape index (κ3) is 3.85. The number of benzene rings is 2. The normalized spacial score (nSPS) is 14.5. The van der Waals surface area contributed by atoms with E-state index in [1.165, 1.54) is 29.5 Å². The van der Waals surface area contributed by atoms with Crippen LogP contribution in [0.3, 0.4) is 0 Å². The number of rotatable bonds is 4. The first-order valence-electron chi connectivity index (χ1n) is 9.41. The number of hydrogen-bond acceptors (Lipinski definition) is 2.